The summed E-state index contributed by atoms with van der Waals surface area (Å²) in [5, 5.41) is 13.3. The van der Waals surface area contributed by atoms with E-state index in [-0.39, 0.29) is 35.4 Å². The van der Waals surface area contributed by atoms with Crippen LogP contribution in [0.3, 0.4) is 0 Å². The summed E-state index contributed by atoms with van der Waals surface area (Å²) in [6.45, 7) is 5.49. The van der Waals surface area contributed by atoms with Gasteiger partial charge in [-0.15, -0.1) is 0 Å². The Hall–Kier alpha value is -4.02. The Labute approximate surface area is 226 Å². The number of nitrogens with zero attached hydrogens (tertiary/aromatic N) is 5. The van der Waals surface area contributed by atoms with E-state index in [1.807, 2.05) is 19.1 Å². The maximum atomic E-state index is 13.4. The van der Waals surface area contributed by atoms with Gasteiger partial charge < -0.3 is 19.9 Å². The molecule has 1 N–H and O–H groups in total. The van der Waals surface area contributed by atoms with Crippen LogP contribution in [0.2, 0.25) is 0 Å². The molecule has 11 nitrogen and oxygen atoms in total. The normalized spacial score (nSPS) is 24.6. The molecule has 4 aliphatic rings. The van der Waals surface area contributed by atoms with E-state index in [0.717, 1.165) is 74.5 Å². The maximum Gasteiger partial charge on any atom is 0.363 e. The number of aromatic nitrogens is 1. The molecular formula is C28H32N6O5. The molecule has 2 unspecified atom stereocenters. The lowest BCUT2D eigenvalue weighted by molar-refractivity contribution is -0.389. The monoisotopic (exact) mass is 532 g/mol. The third-order valence-corrected chi connectivity index (χ3v) is 9.16. The highest BCUT2D eigenvalue weighted by atomic mass is 16.6. The van der Waals surface area contributed by atoms with E-state index in [0.29, 0.717) is 6.42 Å². The van der Waals surface area contributed by atoms with Crippen molar-refractivity contribution >= 4 is 40.6 Å². The standard InChI is InChI=1S/C28H32N6O5/c1-18-25-20(3-2-4-21(25)33(27(18)37)22-6-8-24(35)30-26(22)36)32-15-11-28(12-16-32)9-13-31(14-10-28)19-5-7-23(29-17-19)34(38)39/h2-5,7,17-18,22H,6,8-16H2,1H3,(H,30,35,36). The molecule has 4 aliphatic heterocycles. The molecule has 2 aromatic rings. The average Bonchev–Trinajstić information content (AvgIpc) is 3.19. The lowest BCUT2D eigenvalue weighted by Crippen LogP contribution is -2.53. The number of hydrogen-bond acceptors (Lipinski definition) is 8. The van der Waals surface area contributed by atoms with Crippen molar-refractivity contribution in [3.8, 4) is 0 Å². The van der Waals surface area contributed by atoms with Crippen LogP contribution in [0, 0.1) is 15.5 Å². The van der Waals surface area contributed by atoms with Gasteiger partial charge in [0.2, 0.25) is 17.7 Å². The largest absolute Gasteiger partial charge is 0.371 e. The van der Waals surface area contributed by atoms with Crippen LogP contribution in [-0.4, -0.2) is 59.8 Å². The Morgan fingerprint density at radius 3 is 2.26 bits per heavy atom. The first-order valence-electron chi connectivity index (χ1n) is 13.7. The lowest BCUT2D eigenvalue weighted by atomic mass is 9.71. The molecule has 1 spiro atoms. The molecule has 3 saturated heterocycles. The van der Waals surface area contributed by atoms with Crippen LogP contribution in [0.4, 0.5) is 22.9 Å². The van der Waals surface area contributed by atoms with Gasteiger partial charge in [-0.2, -0.15) is 0 Å². The fraction of sp³-hybridized carbons (Fsp3) is 0.500. The second-order valence-corrected chi connectivity index (χ2v) is 11.2. The van der Waals surface area contributed by atoms with Crippen molar-refractivity contribution < 1.29 is 19.3 Å². The zero-order valence-electron chi connectivity index (χ0n) is 22.0. The van der Waals surface area contributed by atoms with Gasteiger partial charge in [-0.1, -0.05) is 6.07 Å². The number of nitro groups is 1. The molecule has 1 aromatic carbocycles. The summed E-state index contributed by atoms with van der Waals surface area (Å²) in [4.78, 5) is 58.3. The van der Waals surface area contributed by atoms with Crippen molar-refractivity contribution in [3.05, 3.63) is 52.2 Å². The van der Waals surface area contributed by atoms with Crippen molar-refractivity contribution in [2.24, 2.45) is 5.41 Å². The number of carbonyl (C=O) groups is 3. The molecule has 204 valence electrons. The summed E-state index contributed by atoms with van der Waals surface area (Å²) in [6.07, 6.45) is 6.40. The molecule has 3 amide bonds. The SMILES string of the molecule is CC1C(=O)N(C2CCC(=O)NC2=O)c2cccc(N3CCC4(CCN(c5ccc([N+](=O)[O-])nc5)CC4)CC3)c21. The number of carbonyl (C=O) groups excluding carboxylic acids is 3. The molecule has 3 fully saturated rings. The van der Waals surface area contributed by atoms with Crippen LogP contribution in [0.25, 0.3) is 0 Å². The summed E-state index contributed by atoms with van der Waals surface area (Å²) in [5.41, 5.74) is 4.01. The number of nitrogens with one attached hydrogen (secondary N) is 1. The number of amides is 3. The van der Waals surface area contributed by atoms with Crippen LogP contribution in [-0.2, 0) is 14.4 Å². The molecule has 5 heterocycles. The van der Waals surface area contributed by atoms with Gasteiger partial charge >= 0.3 is 5.82 Å². The van der Waals surface area contributed by atoms with Gasteiger partial charge in [-0.05, 0) is 72.5 Å². The number of fused-ring (bicyclic) bond motifs is 1. The van der Waals surface area contributed by atoms with Crippen molar-refractivity contribution in [2.45, 2.75) is 57.4 Å². The molecule has 0 aliphatic carbocycles. The summed E-state index contributed by atoms with van der Waals surface area (Å²) in [6, 6.07) is 8.54. The van der Waals surface area contributed by atoms with Gasteiger partial charge in [0.15, 0.2) is 6.20 Å². The van der Waals surface area contributed by atoms with Crippen LogP contribution in [0.5, 0.6) is 0 Å². The van der Waals surface area contributed by atoms with Gasteiger partial charge in [-0.3, -0.25) is 24.6 Å². The maximum absolute atomic E-state index is 13.4. The Kier molecular flexibility index (Phi) is 6.23. The van der Waals surface area contributed by atoms with E-state index in [1.165, 1.54) is 6.07 Å². The highest BCUT2D eigenvalue weighted by Gasteiger charge is 2.45. The smallest absolute Gasteiger partial charge is 0.363 e. The highest BCUT2D eigenvalue weighted by Crippen LogP contribution is 2.48. The quantitative estimate of drug-likeness (QED) is 0.361. The van der Waals surface area contributed by atoms with Gasteiger partial charge in [0, 0.05) is 49.9 Å². The van der Waals surface area contributed by atoms with Crippen molar-refractivity contribution in [1.82, 2.24) is 10.3 Å². The topological polar surface area (TPSA) is 129 Å². The van der Waals surface area contributed by atoms with Crippen LogP contribution < -0.4 is 20.0 Å². The highest BCUT2D eigenvalue weighted by molar-refractivity contribution is 6.13. The van der Waals surface area contributed by atoms with Crippen molar-refractivity contribution in [1.29, 1.82) is 0 Å². The number of anilines is 3. The van der Waals surface area contributed by atoms with E-state index in [2.05, 4.69) is 26.2 Å². The minimum absolute atomic E-state index is 0.0893. The second-order valence-electron chi connectivity index (χ2n) is 11.2. The molecule has 6 rings (SSSR count). The molecule has 0 bridgehead atoms. The molecule has 39 heavy (non-hydrogen) atoms. The van der Waals surface area contributed by atoms with Gasteiger partial charge in [0.05, 0.1) is 17.3 Å². The van der Waals surface area contributed by atoms with E-state index in [9.17, 15) is 24.5 Å². The summed E-state index contributed by atoms with van der Waals surface area (Å²) in [7, 11) is 0. The summed E-state index contributed by atoms with van der Waals surface area (Å²) >= 11 is 0. The molecule has 11 heteroatoms. The first-order valence-corrected chi connectivity index (χ1v) is 13.7. The Morgan fingerprint density at radius 2 is 1.64 bits per heavy atom. The van der Waals surface area contributed by atoms with E-state index in [1.54, 1.807) is 17.2 Å². The first kappa shape index (κ1) is 25.3. The Bertz CT molecular complexity index is 1330. The van der Waals surface area contributed by atoms with Crippen LogP contribution >= 0.6 is 0 Å². The predicted octanol–water partition coefficient (Wildman–Crippen LogP) is 3.13. The predicted molar refractivity (Wildman–Crippen MR) is 145 cm³/mol. The van der Waals surface area contributed by atoms with E-state index in [4.69, 9.17) is 0 Å². The average molecular weight is 533 g/mol. The van der Waals surface area contributed by atoms with Crippen molar-refractivity contribution in [3.63, 3.8) is 0 Å². The Balaban J connectivity index is 1.14. The number of pyridine rings is 1. The summed E-state index contributed by atoms with van der Waals surface area (Å²) in [5.74, 6) is -1.27. The minimum Gasteiger partial charge on any atom is -0.371 e. The zero-order chi connectivity index (χ0) is 27.3. The van der Waals surface area contributed by atoms with Gasteiger partial charge in [0.25, 0.3) is 0 Å². The molecule has 2 atom stereocenters. The van der Waals surface area contributed by atoms with Gasteiger partial charge in [0.1, 0.15) is 6.04 Å². The van der Waals surface area contributed by atoms with Crippen LogP contribution in [0.1, 0.15) is 56.9 Å². The van der Waals surface area contributed by atoms with Crippen molar-refractivity contribution in [2.75, 3.05) is 40.9 Å². The number of rotatable bonds is 4. The van der Waals surface area contributed by atoms with Gasteiger partial charge in [-0.25, -0.2) is 0 Å². The fourth-order valence-corrected chi connectivity index (χ4v) is 6.81. The number of hydrogen-bond donors (Lipinski definition) is 1. The fourth-order valence-electron chi connectivity index (χ4n) is 6.81. The molecular weight excluding hydrogens is 500 g/mol. The van der Waals surface area contributed by atoms with Crippen LogP contribution in [0.15, 0.2) is 36.5 Å². The number of benzene rings is 1. The molecule has 1 aromatic heterocycles. The molecule has 0 saturated carbocycles. The third-order valence-electron chi connectivity index (χ3n) is 9.16. The molecule has 0 radical (unpaired) electrons. The number of imide groups is 1. The number of piperidine rings is 3. The third kappa shape index (κ3) is 4.39. The Morgan fingerprint density at radius 1 is 0.974 bits per heavy atom. The van der Waals surface area contributed by atoms with E-state index >= 15 is 0 Å². The summed E-state index contributed by atoms with van der Waals surface area (Å²) < 4.78 is 0. The van der Waals surface area contributed by atoms with E-state index < -0.39 is 16.9 Å². The first-order chi connectivity index (χ1) is 18.8. The minimum atomic E-state index is -0.657. The zero-order valence-corrected chi connectivity index (χ0v) is 22.0. The lowest BCUT2D eigenvalue weighted by Gasteiger charge is -2.48. The second kappa shape index (κ2) is 9.62.